The molecule has 0 radical (unpaired) electrons. The zero-order valence-electron chi connectivity index (χ0n) is 17.2. The Morgan fingerprint density at radius 3 is 2.41 bits per heavy atom. The minimum atomic E-state index is -1.36. The van der Waals surface area contributed by atoms with Crippen LogP contribution in [0.2, 0.25) is 0 Å². The van der Waals surface area contributed by atoms with Crippen LogP contribution in [0.15, 0.2) is 57.7 Å². The fraction of sp³-hybridized carbons (Fsp3) is 0.120. The van der Waals surface area contributed by atoms with Gasteiger partial charge in [-0.15, -0.1) is 0 Å². The fourth-order valence-electron chi connectivity index (χ4n) is 3.66. The van der Waals surface area contributed by atoms with E-state index in [4.69, 9.17) is 4.42 Å². The van der Waals surface area contributed by atoms with Gasteiger partial charge in [0.25, 0.3) is 0 Å². The molecule has 2 heterocycles. The van der Waals surface area contributed by atoms with E-state index in [1.165, 1.54) is 6.07 Å². The number of aromatic nitrogens is 1. The number of carboxylic acids is 2. The maximum atomic E-state index is 12.7. The van der Waals surface area contributed by atoms with Crippen molar-refractivity contribution in [1.29, 1.82) is 0 Å². The monoisotopic (exact) mass is 429 g/mol. The molecule has 7 nitrogen and oxygen atoms in total. The molecule has 0 saturated carbocycles. The van der Waals surface area contributed by atoms with Gasteiger partial charge in [0.05, 0.1) is 10.9 Å². The van der Waals surface area contributed by atoms with Crippen LogP contribution in [0.25, 0.3) is 34.0 Å². The van der Waals surface area contributed by atoms with Crippen LogP contribution in [0.3, 0.4) is 0 Å². The first-order chi connectivity index (χ1) is 15.4. The number of aryl methyl sites for hydroxylation is 1. The molecule has 7 heteroatoms. The smallest absolute Gasteiger partial charge is 0.371 e. The van der Waals surface area contributed by atoms with Crippen LogP contribution in [0.5, 0.6) is 0 Å². The Kier molecular flexibility index (Phi) is 5.55. The van der Waals surface area contributed by atoms with Gasteiger partial charge in [-0.2, -0.15) is 0 Å². The van der Waals surface area contributed by atoms with Gasteiger partial charge >= 0.3 is 11.9 Å². The molecule has 32 heavy (non-hydrogen) atoms. The maximum Gasteiger partial charge on any atom is 0.371 e. The SMILES string of the molecule is CCCc1c2nc(C(=O)O)cc(/C=C/c3ccccc3)c2cc2c(=O)cc(C(=O)O)oc12. The normalized spacial score (nSPS) is 11.4. The first-order valence-corrected chi connectivity index (χ1v) is 10.0. The Morgan fingerprint density at radius 2 is 1.75 bits per heavy atom. The van der Waals surface area contributed by atoms with Crippen LogP contribution in [0.4, 0.5) is 0 Å². The molecule has 2 N–H and O–H groups in total. The quantitative estimate of drug-likeness (QED) is 0.420. The molecule has 0 unspecified atom stereocenters. The number of pyridine rings is 1. The Morgan fingerprint density at radius 1 is 1.00 bits per heavy atom. The van der Waals surface area contributed by atoms with Crippen LogP contribution < -0.4 is 5.43 Å². The van der Waals surface area contributed by atoms with Crippen LogP contribution in [-0.4, -0.2) is 27.1 Å². The van der Waals surface area contributed by atoms with Crippen molar-refractivity contribution in [2.75, 3.05) is 0 Å². The van der Waals surface area contributed by atoms with Gasteiger partial charge in [-0.1, -0.05) is 55.8 Å². The standard InChI is InChI=1S/C25H19NO6/c1-2-6-16-22-17(12-18-20(27)13-21(25(30)31)32-23(16)18)15(11-19(26-22)24(28)29)10-9-14-7-4-3-5-8-14/h3-5,7-13H,2,6H2,1H3,(H,28,29)(H,30,31)/b10-9+. The summed E-state index contributed by atoms with van der Waals surface area (Å²) in [5, 5.41) is 19.7. The van der Waals surface area contributed by atoms with Crippen molar-refractivity contribution in [2.45, 2.75) is 19.8 Å². The highest BCUT2D eigenvalue weighted by atomic mass is 16.4. The summed E-state index contributed by atoms with van der Waals surface area (Å²) >= 11 is 0. The predicted molar refractivity (Wildman–Crippen MR) is 121 cm³/mol. The molecule has 0 amide bonds. The lowest BCUT2D eigenvalue weighted by molar-refractivity contribution is 0.0660. The van der Waals surface area contributed by atoms with Gasteiger partial charge in [-0.05, 0) is 29.7 Å². The third-order valence-corrected chi connectivity index (χ3v) is 5.11. The van der Waals surface area contributed by atoms with Crippen molar-refractivity contribution in [3.8, 4) is 0 Å². The van der Waals surface area contributed by atoms with E-state index in [0.717, 1.165) is 11.6 Å². The maximum absolute atomic E-state index is 12.7. The molecule has 0 saturated heterocycles. The molecule has 4 rings (SSSR count). The highest BCUT2D eigenvalue weighted by molar-refractivity contribution is 6.04. The van der Waals surface area contributed by atoms with Crippen molar-refractivity contribution in [3.63, 3.8) is 0 Å². The summed E-state index contributed by atoms with van der Waals surface area (Å²) in [6, 6.07) is 13.5. The zero-order chi connectivity index (χ0) is 22.8. The lowest BCUT2D eigenvalue weighted by atomic mass is 9.97. The van der Waals surface area contributed by atoms with Crippen molar-refractivity contribution in [2.24, 2.45) is 0 Å². The number of aromatic carboxylic acids is 2. The van der Waals surface area contributed by atoms with E-state index in [1.54, 1.807) is 12.1 Å². The first kappa shape index (κ1) is 21.0. The molecule has 0 aliphatic rings. The Hall–Kier alpha value is -4.26. The van der Waals surface area contributed by atoms with Gasteiger partial charge in [0.1, 0.15) is 11.3 Å². The molecular formula is C25H19NO6. The van der Waals surface area contributed by atoms with E-state index in [0.29, 0.717) is 34.9 Å². The summed E-state index contributed by atoms with van der Waals surface area (Å²) in [4.78, 5) is 40.2. The molecule has 0 aliphatic heterocycles. The number of hydrogen-bond donors (Lipinski definition) is 2. The van der Waals surface area contributed by atoms with Gasteiger partial charge < -0.3 is 14.6 Å². The molecule has 160 valence electrons. The van der Waals surface area contributed by atoms with Gasteiger partial charge in [0, 0.05) is 17.0 Å². The Balaban J connectivity index is 2.10. The summed E-state index contributed by atoms with van der Waals surface area (Å²) < 4.78 is 5.56. The summed E-state index contributed by atoms with van der Waals surface area (Å²) in [6.45, 7) is 1.92. The fourth-order valence-corrected chi connectivity index (χ4v) is 3.66. The molecule has 0 atom stereocenters. The van der Waals surface area contributed by atoms with Gasteiger partial charge in [0.2, 0.25) is 5.76 Å². The predicted octanol–water partition coefficient (Wildman–Crippen LogP) is 4.86. The molecule has 2 aromatic carbocycles. The van der Waals surface area contributed by atoms with E-state index in [2.05, 4.69) is 4.98 Å². The largest absolute Gasteiger partial charge is 0.477 e. The summed E-state index contributed by atoms with van der Waals surface area (Å²) in [7, 11) is 0. The van der Waals surface area contributed by atoms with Gasteiger partial charge in [-0.25, -0.2) is 14.6 Å². The van der Waals surface area contributed by atoms with Crippen molar-refractivity contribution in [3.05, 3.63) is 86.9 Å². The Bertz CT molecular complexity index is 1450. The number of rotatable bonds is 6. The van der Waals surface area contributed by atoms with Crippen LogP contribution in [0, 0.1) is 0 Å². The molecule has 2 aromatic heterocycles. The number of carboxylic acid groups (broad SMARTS) is 2. The number of benzene rings is 2. The Labute approximate surface area is 182 Å². The van der Waals surface area contributed by atoms with Gasteiger partial charge in [0.15, 0.2) is 5.43 Å². The number of fused-ring (bicyclic) bond motifs is 2. The lowest BCUT2D eigenvalue weighted by Gasteiger charge is -2.12. The van der Waals surface area contributed by atoms with Crippen molar-refractivity contribution < 1.29 is 24.2 Å². The van der Waals surface area contributed by atoms with E-state index in [1.807, 2.05) is 43.3 Å². The summed E-state index contributed by atoms with van der Waals surface area (Å²) in [6.07, 6.45) is 4.71. The average Bonchev–Trinajstić information content (AvgIpc) is 2.78. The van der Waals surface area contributed by atoms with E-state index < -0.39 is 23.1 Å². The second-order valence-electron chi connectivity index (χ2n) is 7.30. The number of carbonyl (C=O) groups is 2. The molecular weight excluding hydrogens is 410 g/mol. The van der Waals surface area contributed by atoms with E-state index >= 15 is 0 Å². The van der Waals surface area contributed by atoms with E-state index in [9.17, 15) is 24.6 Å². The van der Waals surface area contributed by atoms with Crippen LogP contribution in [0.1, 0.15) is 51.1 Å². The third kappa shape index (κ3) is 3.88. The minimum absolute atomic E-state index is 0.122. The second kappa shape index (κ2) is 8.47. The second-order valence-corrected chi connectivity index (χ2v) is 7.30. The molecule has 0 fully saturated rings. The van der Waals surface area contributed by atoms with Crippen molar-refractivity contribution in [1.82, 2.24) is 4.98 Å². The summed E-state index contributed by atoms with van der Waals surface area (Å²) in [5.41, 5.74) is 1.88. The van der Waals surface area contributed by atoms with Crippen LogP contribution >= 0.6 is 0 Å². The average molecular weight is 429 g/mol. The summed E-state index contributed by atoms with van der Waals surface area (Å²) in [5.74, 6) is -3.02. The highest BCUT2D eigenvalue weighted by Gasteiger charge is 2.20. The van der Waals surface area contributed by atoms with Gasteiger partial charge in [-0.3, -0.25) is 4.79 Å². The van der Waals surface area contributed by atoms with Crippen LogP contribution in [-0.2, 0) is 6.42 Å². The molecule has 0 spiro atoms. The number of hydrogen-bond acceptors (Lipinski definition) is 5. The molecule has 0 bridgehead atoms. The molecule has 4 aromatic rings. The first-order valence-electron chi connectivity index (χ1n) is 10.0. The zero-order valence-corrected chi connectivity index (χ0v) is 17.2. The molecule has 0 aliphatic carbocycles. The highest BCUT2D eigenvalue weighted by Crippen LogP contribution is 2.31. The number of nitrogens with zero attached hydrogens (tertiary/aromatic N) is 1. The topological polar surface area (TPSA) is 118 Å². The van der Waals surface area contributed by atoms with E-state index in [-0.39, 0.29) is 16.7 Å². The third-order valence-electron chi connectivity index (χ3n) is 5.11. The minimum Gasteiger partial charge on any atom is -0.477 e. The van der Waals surface area contributed by atoms with Crippen molar-refractivity contribution >= 4 is 46.0 Å². The lowest BCUT2D eigenvalue weighted by Crippen LogP contribution is -2.09.